The van der Waals surface area contributed by atoms with E-state index in [-0.39, 0.29) is 18.7 Å². The Bertz CT molecular complexity index is 393. The summed E-state index contributed by atoms with van der Waals surface area (Å²) >= 11 is 0. The zero-order valence-electron chi connectivity index (χ0n) is 12.1. The third-order valence-electron chi connectivity index (χ3n) is 4.13. The molecule has 2 N–H and O–H groups in total. The Morgan fingerprint density at radius 3 is 2.89 bits per heavy atom. The number of rotatable bonds is 5. The van der Waals surface area contributed by atoms with Crippen molar-refractivity contribution < 1.29 is 5.11 Å². The summed E-state index contributed by atoms with van der Waals surface area (Å²) in [4.78, 5) is 6.83. The summed E-state index contributed by atoms with van der Waals surface area (Å²) < 4.78 is 0. The largest absolute Gasteiger partial charge is 0.394 e. The van der Waals surface area contributed by atoms with Crippen LogP contribution in [0.2, 0.25) is 0 Å². The molecule has 4 nitrogen and oxygen atoms in total. The summed E-state index contributed by atoms with van der Waals surface area (Å²) in [6.45, 7) is 8.60. The van der Waals surface area contributed by atoms with Crippen molar-refractivity contribution in [3.05, 3.63) is 24.0 Å². The maximum absolute atomic E-state index is 9.51. The van der Waals surface area contributed by atoms with Gasteiger partial charge in [0.25, 0.3) is 0 Å². The van der Waals surface area contributed by atoms with E-state index in [9.17, 15) is 5.11 Å². The van der Waals surface area contributed by atoms with Crippen LogP contribution in [0.3, 0.4) is 0 Å². The van der Waals surface area contributed by atoms with Gasteiger partial charge in [-0.3, -0.25) is 4.98 Å². The summed E-state index contributed by atoms with van der Waals surface area (Å²) in [6, 6.07) is 4.72. The second-order valence-electron chi connectivity index (χ2n) is 5.43. The van der Waals surface area contributed by atoms with Gasteiger partial charge in [-0.15, -0.1) is 0 Å². The van der Waals surface area contributed by atoms with Crippen LogP contribution in [-0.2, 0) is 0 Å². The molecule has 1 saturated heterocycles. The van der Waals surface area contributed by atoms with Gasteiger partial charge in [-0.2, -0.15) is 0 Å². The number of nitrogens with one attached hydrogen (secondary N) is 1. The fourth-order valence-electron chi connectivity index (χ4n) is 2.84. The second kappa shape index (κ2) is 6.35. The SMILES string of the molecule is CCNC(C)c1ccc(N2CCC(C)C2CO)cn1. The molecule has 0 aliphatic carbocycles. The highest BCUT2D eigenvalue weighted by Crippen LogP contribution is 2.29. The number of anilines is 1. The lowest BCUT2D eigenvalue weighted by Gasteiger charge is -2.27. The Hall–Kier alpha value is -1.13. The summed E-state index contributed by atoms with van der Waals surface area (Å²) in [7, 11) is 0. The van der Waals surface area contributed by atoms with E-state index in [1.165, 1.54) is 0 Å². The van der Waals surface area contributed by atoms with Gasteiger partial charge in [0.05, 0.1) is 30.2 Å². The van der Waals surface area contributed by atoms with Crippen LogP contribution < -0.4 is 10.2 Å². The topological polar surface area (TPSA) is 48.4 Å². The normalized spacial score (nSPS) is 24.7. The molecule has 0 aromatic carbocycles. The molecule has 4 heteroatoms. The van der Waals surface area contributed by atoms with Crippen LogP contribution in [0.15, 0.2) is 18.3 Å². The smallest absolute Gasteiger partial charge is 0.0637 e. The zero-order valence-corrected chi connectivity index (χ0v) is 12.1. The van der Waals surface area contributed by atoms with Gasteiger partial charge in [-0.05, 0) is 37.9 Å². The summed E-state index contributed by atoms with van der Waals surface area (Å²) in [6.07, 6.45) is 3.07. The predicted octanol–water partition coefficient (Wildman–Crippen LogP) is 1.96. The lowest BCUT2D eigenvalue weighted by Crippen LogP contribution is -2.35. The number of pyridine rings is 1. The number of aliphatic hydroxyl groups excluding tert-OH is 1. The monoisotopic (exact) mass is 263 g/mol. The van der Waals surface area contributed by atoms with E-state index in [4.69, 9.17) is 0 Å². The van der Waals surface area contributed by atoms with Crippen molar-refractivity contribution >= 4 is 5.69 Å². The second-order valence-corrected chi connectivity index (χ2v) is 5.43. The maximum atomic E-state index is 9.51. The molecule has 1 aromatic heterocycles. The van der Waals surface area contributed by atoms with E-state index in [2.05, 4.69) is 48.1 Å². The van der Waals surface area contributed by atoms with E-state index in [1.807, 2.05) is 6.20 Å². The number of aliphatic hydroxyl groups is 1. The molecule has 3 atom stereocenters. The van der Waals surface area contributed by atoms with Crippen molar-refractivity contribution in [3.8, 4) is 0 Å². The Balaban J connectivity index is 2.10. The van der Waals surface area contributed by atoms with Gasteiger partial charge in [0.1, 0.15) is 0 Å². The lowest BCUT2D eigenvalue weighted by atomic mass is 10.0. The molecule has 106 valence electrons. The van der Waals surface area contributed by atoms with Gasteiger partial charge in [0, 0.05) is 12.6 Å². The summed E-state index contributed by atoms with van der Waals surface area (Å²) in [5, 5.41) is 12.9. The van der Waals surface area contributed by atoms with E-state index >= 15 is 0 Å². The molecule has 0 amide bonds. The minimum atomic E-state index is 0.219. The number of hydrogen-bond acceptors (Lipinski definition) is 4. The van der Waals surface area contributed by atoms with Gasteiger partial charge in [0.15, 0.2) is 0 Å². The van der Waals surface area contributed by atoms with Crippen LogP contribution in [0.4, 0.5) is 5.69 Å². The molecule has 0 radical (unpaired) electrons. The highest BCUT2D eigenvalue weighted by molar-refractivity contribution is 5.47. The molecule has 1 aliphatic rings. The standard InChI is InChI=1S/C15H25N3O/c1-4-16-12(3)14-6-5-13(9-17-14)18-8-7-11(2)15(18)10-19/h5-6,9,11-12,15-16,19H,4,7-8,10H2,1-3H3. The molecule has 2 heterocycles. The zero-order chi connectivity index (χ0) is 13.8. The number of nitrogens with zero attached hydrogens (tertiary/aromatic N) is 2. The van der Waals surface area contributed by atoms with Crippen molar-refractivity contribution in [3.63, 3.8) is 0 Å². The van der Waals surface area contributed by atoms with Crippen LogP contribution in [0.5, 0.6) is 0 Å². The Kier molecular flexibility index (Phi) is 4.77. The highest BCUT2D eigenvalue weighted by atomic mass is 16.3. The highest BCUT2D eigenvalue weighted by Gasteiger charge is 2.30. The molecular formula is C15H25N3O. The van der Waals surface area contributed by atoms with Gasteiger partial charge in [0.2, 0.25) is 0 Å². The first-order valence-electron chi connectivity index (χ1n) is 7.24. The Morgan fingerprint density at radius 2 is 2.32 bits per heavy atom. The fourth-order valence-corrected chi connectivity index (χ4v) is 2.84. The van der Waals surface area contributed by atoms with Crippen LogP contribution in [0.25, 0.3) is 0 Å². The predicted molar refractivity (Wildman–Crippen MR) is 78.3 cm³/mol. The molecule has 1 aromatic rings. The van der Waals surface area contributed by atoms with Crippen LogP contribution >= 0.6 is 0 Å². The van der Waals surface area contributed by atoms with E-state index in [0.717, 1.165) is 30.9 Å². The third-order valence-corrected chi connectivity index (χ3v) is 4.13. The molecular weight excluding hydrogens is 238 g/mol. The van der Waals surface area contributed by atoms with Crippen molar-refractivity contribution in [1.82, 2.24) is 10.3 Å². The molecule has 0 saturated carbocycles. The average molecular weight is 263 g/mol. The quantitative estimate of drug-likeness (QED) is 0.852. The fraction of sp³-hybridized carbons (Fsp3) is 0.667. The van der Waals surface area contributed by atoms with Gasteiger partial charge in [-0.25, -0.2) is 0 Å². The maximum Gasteiger partial charge on any atom is 0.0637 e. The van der Waals surface area contributed by atoms with Crippen molar-refractivity contribution in [2.24, 2.45) is 5.92 Å². The van der Waals surface area contributed by atoms with Crippen molar-refractivity contribution in [2.45, 2.75) is 39.3 Å². The minimum absolute atomic E-state index is 0.219. The molecule has 1 fully saturated rings. The van der Waals surface area contributed by atoms with Gasteiger partial charge in [-0.1, -0.05) is 13.8 Å². The van der Waals surface area contributed by atoms with Gasteiger partial charge < -0.3 is 15.3 Å². The molecule has 0 spiro atoms. The number of hydrogen-bond donors (Lipinski definition) is 2. The first kappa shape index (κ1) is 14.3. The lowest BCUT2D eigenvalue weighted by molar-refractivity contribution is 0.244. The molecule has 2 rings (SSSR count). The summed E-state index contributed by atoms with van der Waals surface area (Å²) in [5.41, 5.74) is 2.19. The molecule has 19 heavy (non-hydrogen) atoms. The van der Waals surface area contributed by atoms with Gasteiger partial charge >= 0.3 is 0 Å². The first-order chi connectivity index (χ1) is 9.17. The van der Waals surface area contributed by atoms with E-state index in [0.29, 0.717) is 5.92 Å². The van der Waals surface area contributed by atoms with E-state index < -0.39 is 0 Å². The average Bonchev–Trinajstić information content (AvgIpc) is 2.80. The first-order valence-corrected chi connectivity index (χ1v) is 7.24. The third kappa shape index (κ3) is 3.07. The number of aromatic nitrogens is 1. The molecule has 3 unspecified atom stereocenters. The van der Waals surface area contributed by atoms with Crippen molar-refractivity contribution in [1.29, 1.82) is 0 Å². The van der Waals surface area contributed by atoms with Crippen LogP contribution in [0, 0.1) is 5.92 Å². The minimum Gasteiger partial charge on any atom is -0.394 e. The van der Waals surface area contributed by atoms with Crippen LogP contribution in [0.1, 0.15) is 38.9 Å². The van der Waals surface area contributed by atoms with Crippen molar-refractivity contribution in [2.75, 3.05) is 24.6 Å². The van der Waals surface area contributed by atoms with Crippen LogP contribution in [-0.4, -0.2) is 35.8 Å². The Labute approximate surface area is 115 Å². The van der Waals surface area contributed by atoms with E-state index in [1.54, 1.807) is 0 Å². The molecule has 0 bridgehead atoms. The summed E-state index contributed by atoms with van der Waals surface area (Å²) in [5.74, 6) is 0.547. The molecule has 1 aliphatic heterocycles. The Morgan fingerprint density at radius 1 is 1.53 bits per heavy atom.